The SMILES string of the molecule is CS/C(c1ccccc1)=[N+](\C)[O-]. The first-order valence-electron chi connectivity index (χ1n) is 3.63. The van der Waals surface area contributed by atoms with Crippen LogP contribution in [-0.4, -0.2) is 23.1 Å². The molecule has 0 spiro atoms. The molecule has 0 amide bonds. The molecule has 0 saturated heterocycles. The van der Waals surface area contributed by atoms with Crippen molar-refractivity contribution in [3.63, 3.8) is 0 Å². The summed E-state index contributed by atoms with van der Waals surface area (Å²) in [5, 5.41) is 11.8. The maximum absolute atomic E-state index is 11.0. The summed E-state index contributed by atoms with van der Waals surface area (Å²) >= 11 is 1.46. The van der Waals surface area contributed by atoms with Gasteiger partial charge in [-0.1, -0.05) is 30.0 Å². The highest BCUT2D eigenvalue weighted by molar-refractivity contribution is 8.13. The van der Waals surface area contributed by atoms with Gasteiger partial charge in [0.1, 0.15) is 7.05 Å². The van der Waals surface area contributed by atoms with Crippen molar-refractivity contribution in [3.05, 3.63) is 41.1 Å². The molecule has 1 aromatic rings. The Hall–Kier alpha value is -0.960. The lowest BCUT2D eigenvalue weighted by atomic mass is 10.2. The van der Waals surface area contributed by atoms with Crippen molar-refractivity contribution < 1.29 is 4.74 Å². The number of hydrogen-bond acceptors (Lipinski definition) is 2. The first-order chi connectivity index (χ1) is 5.75. The fourth-order valence-corrected chi connectivity index (χ4v) is 1.64. The summed E-state index contributed by atoms with van der Waals surface area (Å²) in [7, 11) is 1.51. The Morgan fingerprint density at radius 3 is 2.33 bits per heavy atom. The first kappa shape index (κ1) is 9.13. The number of hydroxylamine groups is 1. The van der Waals surface area contributed by atoms with Crippen LogP contribution in [0.3, 0.4) is 0 Å². The van der Waals surface area contributed by atoms with Crippen LogP contribution < -0.4 is 0 Å². The number of thioether (sulfide) groups is 1. The van der Waals surface area contributed by atoms with Crippen molar-refractivity contribution in [1.82, 2.24) is 0 Å². The van der Waals surface area contributed by atoms with E-state index in [-0.39, 0.29) is 0 Å². The minimum Gasteiger partial charge on any atom is -0.623 e. The molecule has 12 heavy (non-hydrogen) atoms. The third-order valence-electron chi connectivity index (χ3n) is 1.50. The summed E-state index contributed by atoms with van der Waals surface area (Å²) in [6.07, 6.45) is 1.90. The fraction of sp³-hybridized carbons (Fsp3) is 0.222. The highest BCUT2D eigenvalue weighted by atomic mass is 32.2. The van der Waals surface area contributed by atoms with Crippen molar-refractivity contribution in [2.45, 2.75) is 0 Å². The minimum absolute atomic E-state index is 0.746. The van der Waals surface area contributed by atoms with Crippen LogP contribution in [0.1, 0.15) is 5.56 Å². The third-order valence-corrected chi connectivity index (χ3v) is 2.38. The number of rotatable bonds is 1. The Morgan fingerprint density at radius 1 is 1.33 bits per heavy atom. The zero-order chi connectivity index (χ0) is 8.97. The van der Waals surface area contributed by atoms with Crippen molar-refractivity contribution in [1.29, 1.82) is 0 Å². The summed E-state index contributed by atoms with van der Waals surface area (Å²) in [4.78, 5) is 0. The molecule has 2 nitrogen and oxygen atoms in total. The van der Waals surface area contributed by atoms with Crippen molar-refractivity contribution in [2.24, 2.45) is 0 Å². The summed E-state index contributed by atoms with van der Waals surface area (Å²) in [6.45, 7) is 0. The van der Waals surface area contributed by atoms with Gasteiger partial charge in [0.05, 0.1) is 5.56 Å². The molecule has 1 rings (SSSR count). The predicted molar refractivity (Wildman–Crippen MR) is 53.6 cm³/mol. The molecule has 0 aliphatic carbocycles. The van der Waals surface area contributed by atoms with E-state index in [2.05, 4.69) is 0 Å². The number of nitrogens with zero attached hydrogens (tertiary/aromatic N) is 1. The lowest BCUT2D eigenvalue weighted by Crippen LogP contribution is -2.08. The first-order valence-corrected chi connectivity index (χ1v) is 4.85. The maximum atomic E-state index is 11.0. The van der Waals surface area contributed by atoms with E-state index in [1.165, 1.54) is 18.8 Å². The van der Waals surface area contributed by atoms with Gasteiger partial charge in [-0.05, 0) is 18.4 Å². The van der Waals surface area contributed by atoms with Gasteiger partial charge in [-0.15, -0.1) is 0 Å². The molecule has 1 aromatic carbocycles. The van der Waals surface area contributed by atoms with Crippen molar-refractivity contribution >= 4 is 16.8 Å². The molecule has 0 saturated carbocycles. The lowest BCUT2D eigenvalue weighted by Gasteiger charge is -2.03. The van der Waals surface area contributed by atoms with E-state index >= 15 is 0 Å². The van der Waals surface area contributed by atoms with E-state index in [4.69, 9.17) is 0 Å². The second-order valence-electron chi connectivity index (χ2n) is 2.37. The topological polar surface area (TPSA) is 26.1 Å². The van der Waals surface area contributed by atoms with Gasteiger partial charge in [-0.25, -0.2) is 4.74 Å². The lowest BCUT2D eigenvalue weighted by molar-refractivity contribution is -0.418. The molecule has 0 N–H and O–H groups in total. The Kier molecular flexibility index (Phi) is 3.17. The Morgan fingerprint density at radius 2 is 1.92 bits per heavy atom. The molecule has 0 aliphatic heterocycles. The van der Waals surface area contributed by atoms with Crippen LogP contribution in [-0.2, 0) is 0 Å². The van der Waals surface area contributed by atoms with Crippen LogP contribution in [0, 0.1) is 5.21 Å². The van der Waals surface area contributed by atoms with Crippen LogP contribution >= 0.6 is 11.8 Å². The monoisotopic (exact) mass is 181 g/mol. The molecule has 0 atom stereocenters. The molecular formula is C9H11NOS. The van der Waals surface area contributed by atoms with E-state index in [0.717, 1.165) is 15.3 Å². The maximum Gasteiger partial charge on any atom is 0.252 e. The molecule has 0 heterocycles. The van der Waals surface area contributed by atoms with Crippen LogP contribution in [0.5, 0.6) is 0 Å². The van der Waals surface area contributed by atoms with E-state index in [0.29, 0.717) is 0 Å². The highest BCUT2D eigenvalue weighted by Crippen LogP contribution is 2.09. The Labute approximate surface area is 76.5 Å². The quantitative estimate of drug-likeness (QED) is 0.217. The molecule has 3 heteroatoms. The van der Waals surface area contributed by atoms with E-state index in [1.807, 2.05) is 36.6 Å². The van der Waals surface area contributed by atoms with Crippen molar-refractivity contribution in [2.75, 3.05) is 13.3 Å². The van der Waals surface area contributed by atoms with Crippen LogP contribution in [0.2, 0.25) is 0 Å². The van der Waals surface area contributed by atoms with E-state index in [1.54, 1.807) is 0 Å². The predicted octanol–water partition coefficient (Wildman–Crippen LogP) is 1.94. The van der Waals surface area contributed by atoms with Gasteiger partial charge in [0.2, 0.25) is 0 Å². The molecular weight excluding hydrogens is 170 g/mol. The smallest absolute Gasteiger partial charge is 0.252 e. The summed E-state index contributed by atoms with van der Waals surface area (Å²) < 4.78 is 0.889. The van der Waals surface area contributed by atoms with E-state index in [9.17, 15) is 5.21 Å². The molecule has 0 radical (unpaired) electrons. The molecule has 0 bridgehead atoms. The normalized spacial score (nSPS) is 12.5. The highest BCUT2D eigenvalue weighted by Gasteiger charge is 2.07. The number of benzene rings is 1. The average molecular weight is 181 g/mol. The molecule has 0 aliphatic rings. The summed E-state index contributed by atoms with van der Waals surface area (Å²) in [5.74, 6) is 0. The standard InChI is InChI=1S/C9H11NOS/c1-10(11)9(12-2)8-6-4-3-5-7-8/h3-7H,1-2H3/b10-9+. The van der Waals surface area contributed by atoms with Crippen LogP contribution in [0.4, 0.5) is 0 Å². The minimum atomic E-state index is 0.746. The largest absolute Gasteiger partial charge is 0.623 e. The van der Waals surface area contributed by atoms with Gasteiger partial charge in [-0.2, -0.15) is 0 Å². The van der Waals surface area contributed by atoms with Gasteiger partial charge >= 0.3 is 0 Å². The van der Waals surface area contributed by atoms with Gasteiger partial charge < -0.3 is 5.21 Å². The van der Waals surface area contributed by atoms with Gasteiger partial charge in [0.15, 0.2) is 0 Å². The second-order valence-corrected chi connectivity index (χ2v) is 3.17. The second kappa shape index (κ2) is 4.16. The van der Waals surface area contributed by atoms with Gasteiger partial charge in [-0.3, -0.25) is 0 Å². The van der Waals surface area contributed by atoms with Gasteiger partial charge in [0, 0.05) is 0 Å². The zero-order valence-electron chi connectivity index (χ0n) is 7.15. The number of hydrogen-bond donors (Lipinski definition) is 0. The Bertz CT molecular complexity index is 278. The zero-order valence-corrected chi connectivity index (χ0v) is 7.97. The van der Waals surface area contributed by atoms with Crippen LogP contribution in [0.15, 0.2) is 30.3 Å². The third kappa shape index (κ3) is 2.01. The molecule has 0 unspecified atom stereocenters. The molecule has 64 valence electrons. The molecule has 0 fully saturated rings. The summed E-state index contributed by atoms with van der Waals surface area (Å²) in [6, 6.07) is 9.65. The Balaban J connectivity index is 3.05. The molecule has 0 aromatic heterocycles. The summed E-state index contributed by atoms with van der Waals surface area (Å²) in [5.41, 5.74) is 0.975. The van der Waals surface area contributed by atoms with Gasteiger partial charge in [0.25, 0.3) is 5.04 Å². The average Bonchev–Trinajstić information content (AvgIpc) is 2.07. The van der Waals surface area contributed by atoms with E-state index < -0.39 is 0 Å². The van der Waals surface area contributed by atoms with Crippen LogP contribution in [0.25, 0.3) is 0 Å². The van der Waals surface area contributed by atoms with Crippen molar-refractivity contribution in [3.8, 4) is 0 Å². The fourth-order valence-electron chi connectivity index (χ4n) is 1.01.